The van der Waals surface area contributed by atoms with Crippen LogP contribution in [0.5, 0.6) is 5.88 Å². The standard InChI is InChI=1S/C32H41N5O4S/c1-21-10-8-11-22(2)29(21)27-18-28-35-31(34-27)36-42(39,40)26-13-9-12-24(17-26)33-30(38)23-16-25(41-28)20-37(19-23)15-7-6-14-32(3,4)5/h8-13,17-18,23,25H,6-7,14-16,19-20H2,1-5H3,(H,33,38)(H,34,35,36)/t23-,25+/m1/s1. The molecule has 0 unspecified atom stereocenters. The molecule has 3 aromatic rings. The summed E-state index contributed by atoms with van der Waals surface area (Å²) in [5, 5.41) is 2.94. The number of ether oxygens (including phenoxy) is 1. The molecule has 1 amide bonds. The van der Waals surface area contributed by atoms with Crippen LogP contribution < -0.4 is 14.8 Å². The van der Waals surface area contributed by atoms with Crippen molar-refractivity contribution in [2.75, 3.05) is 29.7 Å². The van der Waals surface area contributed by atoms with Gasteiger partial charge in [0.1, 0.15) is 6.10 Å². The molecule has 0 radical (unpaired) electrons. The molecule has 42 heavy (non-hydrogen) atoms. The number of carbonyl (C=O) groups excluding carboxylic acids is 1. The predicted molar refractivity (Wildman–Crippen MR) is 165 cm³/mol. The number of anilines is 2. The molecule has 1 fully saturated rings. The molecule has 3 heterocycles. The highest BCUT2D eigenvalue weighted by atomic mass is 32.2. The normalized spacial score (nSPS) is 20.5. The first-order valence-corrected chi connectivity index (χ1v) is 16.1. The van der Waals surface area contributed by atoms with Gasteiger partial charge in [0.25, 0.3) is 10.0 Å². The summed E-state index contributed by atoms with van der Waals surface area (Å²) >= 11 is 0. The van der Waals surface area contributed by atoms with Gasteiger partial charge in [-0.25, -0.2) is 18.1 Å². The average Bonchev–Trinajstić information content (AvgIpc) is 2.90. The minimum atomic E-state index is -4.05. The lowest BCUT2D eigenvalue weighted by Gasteiger charge is -2.37. The number of carbonyl (C=O) groups is 1. The van der Waals surface area contributed by atoms with Crippen LogP contribution in [-0.2, 0) is 14.8 Å². The van der Waals surface area contributed by atoms with Gasteiger partial charge in [0, 0.05) is 30.4 Å². The fourth-order valence-corrected chi connectivity index (χ4v) is 6.79. The van der Waals surface area contributed by atoms with Crippen molar-refractivity contribution in [1.82, 2.24) is 14.9 Å². The predicted octanol–water partition coefficient (Wildman–Crippen LogP) is 5.80. The van der Waals surface area contributed by atoms with Crippen LogP contribution in [0.1, 0.15) is 57.6 Å². The third-order valence-electron chi connectivity index (χ3n) is 7.87. The SMILES string of the molecule is Cc1cccc(C)c1-c1cc2nc(n1)NS(=O)(=O)c1cccc(c1)NC(=O)[C@@H]1C[C@@H](CN(CCCCC(C)(C)C)C1)O2. The number of benzene rings is 2. The largest absolute Gasteiger partial charge is 0.473 e. The van der Waals surface area contributed by atoms with E-state index in [1.54, 1.807) is 18.2 Å². The zero-order valence-corrected chi connectivity index (χ0v) is 25.9. The molecule has 2 aliphatic heterocycles. The molecule has 2 aromatic carbocycles. The van der Waals surface area contributed by atoms with E-state index in [-0.39, 0.29) is 40.1 Å². The minimum Gasteiger partial charge on any atom is -0.473 e. The molecule has 0 aliphatic carbocycles. The number of piperidine rings is 1. The first kappa shape index (κ1) is 30.0. The summed E-state index contributed by atoms with van der Waals surface area (Å²) in [6.45, 7) is 12.9. The van der Waals surface area contributed by atoms with Crippen LogP contribution in [0, 0.1) is 25.2 Å². The number of sulfonamides is 1. The van der Waals surface area contributed by atoms with Gasteiger partial charge in [0.2, 0.25) is 17.7 Å². The minimum absolute atomic E-state index is 0.00268. The van der Waals surface area contributed by atoms with Gasteiger partial charge in [0.15, 0.2) is 0 Å². The topological polar surface area (TPSA) is 114 Å². The molecular formula is C32H41N5O4S. The number of likely N-dealkylation sites (tertiary alicyclic amines) is 1. The van der Waals surface area contributed by atoms with Gasteiger partial charge in [0.05, 0.1) is 16.5 Å². The van der Waals surface area contributed by atoms with Gasteiger partial charge in [-0.3, -0.25) is 9.69 Å². The van der Waals surface area contributed by atoms with E-state index in [0.717, 1.165) is 42.5 Å². The molecular weight excluding hydrogens is 550 g/mol. The lowest BCUT2D eigenvalue weighted by Crippen LogP contribution is -2.49. The van der Waals surface area contributed by atoms with Crippen LogP contribution in [0.25, 0.3) is 11.3 Å². The summed E-state index contributed by atoms with van der Waals surface area (Å²) in [6, 6.07) is 14.0. The monoisotopic (exact) mass is 591 g/mol. The Labute approximate surface area is 249 Å². The Morgan fingerprint density at radius 1 is 1.00 bits per heavy atom. The summed E-state index contributed by atoms with van der Waals surface area (Å²) < 4.78 is 35.8. The Bertz CT molecular complexity index is 1550. The van der Waals surface area contributed by atoms with Crippen LogP contribution in [0.2, 0.25) is 0 Å². The highest BCUT2D eigenvalue weighted by Crippen LogP contribution is 2.32. The summed E-state index contributed by atoms with van der Waals surface area (Å²) in [4.78, 5) is 24.9. The van der Waals surface area contributed by atoms with Crippen molar-refractivity contribution in [2.45, 2.75) is 71.3 Å². The fourth-order valence-electron chi connectivity index (χ4n) is 5.80. The van der Waals surface area contributed by atoms with Crippen LogP contribution in [0.15, 0.2) is 53.4 Å². The first-order valence-electron chi connectivity index (χ1n) is 14.6. The molecule has 5 rings (SSSR count). The highest BCUT2D eigenvalue weighted by Gasteiger charge is 2.34. The summed E-state index contributed by atoms with van der Waals surface area (Å²) in [6.07, 6.45) is 3.51. The third kappa shape index (κ3) is 7.28. The number of amides is 1. The Balaban J connectivity index is 1.53. The second-order valence-electron chi connectivity index (χ2n) is 12.8. The van der Waals surface area contributed by atoms with E-state index in [1.165, 1.54) is 12.1 Å². The van der Waals surface area contributed by atoms with Gasteiger partial charge in [-0.15, -0.1) is 0 Å². The van der Waals surface area contributed by atoms with Gasteiger partial charge in [-0.2, -0.15) is 4.98 Å². The van der Waals surface area contributed by atoms with Gasteiger partial charge < -0.3 is 10.1 Å². The van der Waals surface area contributed by atoms with Crippen LogP contribution in [-0.4, -0.2) is 54.9 Å². The quantitative estimate of drug-likeness (QED) is 0.361. The number of rotatable bonds is 5. The van der Waals surface area contributed by atoms with Gasteiger partial charge >= 0.3 is 0 Å². The third-order valence-corrected chi connectivity index (χ3v) is 9.20. The maximum Gasteiger partial charge on any atom is 0.264 e. The first-order chi connectivity index (χ1) is 19.9. The summed E-state index contributed by atoms with van der Waals surface area (Å²) in [5.74, 6) is -0.276. The maximum absolute atomic E-state index is 13.5. The Kier molecular flexibility index (Phi) is 8.57. The molecule has 1 saturated heterocycles. The molecule has 224 valence electrons. The highest BCUT2D eigenvalue weighted by molar-refractivity contribution is 7.92. The lowest BCUT2D eigenvalue weighted by molar-refractivity contribution is -0.123. The Morgan fingerprint density at radius 2 is 1.74 bits per heavy atom. The van der Waals surface area contributed by atoms with E-state index in [0.29, 0.717) is 30.9 Å². The van der Waals surface area contributed by atoms with Crippen molar-refractivity contribution < 1.29 is 17.9 Å². The molecule has 6 bridgehead atoms. The number of unbranched alkanes of at least 4 members (excludes halogenated alkanes) is 1. The second-order valence-corrected chi connectivity index (χ2v) is 14.4. The Morgan fingerprint density at radius 3 is 2.48 bits per heavy atom. The molecule has 0 spiro atoms. The maximum atomic E-state index is 13.5. The van der Waals surface area contributed by atoms with Crippen molar-refractivity contribution in [2.24, 2.45) is 11.3 Å². The zero-order chi connectivity index (χ0) is 30.1. The number of hydrogen-bond acceptors (Lipinski definition) is 7. The van der Waals surface area contributed by atoms with E-state index in [1.807, 2.05) is 32.0 Å². The molecule has 9 nitrogen and oxygen atoms in total. The van der Waals surface area contributed by atoms with Crippen LogP contribution in [0.3, 0.4) is 0 Å². The van der Waals surface area contributed by atoms with E-state index < -0.39 is 10.0 Å². The molecule has 2 N–H and O–H groups in total. The number of hydrogen-bond donors (Lipinski definition) is 2. The van der Waals surface area contributed by atoms with E-state index >= 15 is 0 Å². The van der Waals surface area contributed by atoms with Crippen molar-refractivity contribution in [1.29, 1.82) is 0 Å². The summed E-state index contributed by atoms with van der Waals surface area (Å²) in [7, 11) is -4.05. The molecule has 1 aromatic heterocycles. The van der Waals surface area contributed by atoms with E-state index in [4.69, 9.17) is 4.74 Å². The van der Waals surface area contributed by atoms with Crippen molar-refractivity contribution >= 4 is 27.6 Å². The fraction of sp³-hybridized carbons (Fsp3) is 0.469. The number of nitrogens with one attached hydrogen (secondary N) is 2. The van der Waals surface area contributed by atoms with Gasteiger partial charge in [-0.05, 0) is 74.4 Å². The average molecular weight is 592 g/mol. The van der Waals surface area contributed by atoms with E-state index in [2.05, 4.69) is 45.7 Å². The molecule has 0 saturated carbocycles. The molecule has 10 heteroatoms. The van der Waals surface area contributed by atoms with Crippen molar-refractivity contribution in [3.05, 3.63) is 59.7 Å². The van der Waals surface area contributed by atoms with Crippen molar-refractivity contribution in [3.63, 3.8) is 0 Å². The van der Waals surface area contributed by atoms with E-state index in [9.17, 15) is 13.2 Å². The Hall–Kier alpha value is -3.50. The lowest BCUT2D eigenvalue weighted by atomic mass is 9.89. The smallest absolute Gasteiger partial charge is 0.264 e. The second kappa shape index (κ2) is 12.0. The van der Waals surface area contributed by atoms with Gasteiger partial charge in [-0.1, -0.05) is 51.5 Å². The molecule has 2 atom stereocenters. The number of aryl methyl sites for hydroxylation is 2. The zero-order valence-electron chi connectivity index (χ0n) is 25.1. The molecule has 2 aliphatic rings. The van der Waals surface area contributed by atoms with Crippen molar-refractivity contribution in [3.8, 4) is 17.1 Å². The number of aromatic nitrogens is 2. The van der Waals surface area contributed by atoms with Crippen LogP contribution in [0.4, 0.5) is 11.6 Å². The van der Waals surface area contributed by atoms with Crippen LogP contribution >= 0.6 is 0 Å². The summed E-state index contributed by atoms with van der Waals surface area (Å²) in [5.41, 5.74) is 4.19. The number of fused-ring (bicyclic) bond motifs is 6. The number of nitrogens with zero attached hydrogens (tertiary/aromatic N) is 3.